The van der Waals surface area contributed by atoms with Crippen molar-refractivity contribution in [3.05, 3.63) is 59.1 Å². The predicted molar refractivity (Wildman–Crippen MR) is 96.9 cm³/mol. The lowest BCUT2D eigenvalue weighted by atomic mass is 10.1. The van der Waals surface area contributed by atoms with E-state index >= 15 is 0 Å². The first-order valence-corrected chi connectivity index (χ1v) is 9.41. The summed E-state index contributed by atoms with van der Waals surface area (Å²) in [5, 5.41) is 5.89. The number of rotatable bonds is 5. The van der Waals surface area contributed by atoms with E-state index in [1.165, 1.54) is 0 Å². The number of sulfonamides is 1. The van der Waals surface area contributed by atoms with Crippen molar-refractivity contribution in [2.45, 2.75) is 13.0 Å². The normalized spacial score (nSPS) is 12.3. The van der Waals surface area contributed by atoms with Crippen molar-refractivity contribution in [3.8, 4) is 0 Å². The Morgan fingerprint density at radius 3 is 2.50 bits per heavy atom. The zero-order valence-corrected chi connectivity index (χ0v) is 14.8. The van der Waals surface area contributed by atoms with Gasteiger partial charge in [0, 0.05) is 5.69 Å². The molecule has 0 saturated heterocycles. The van der Waals surface area contributed by atoms with Crippen molar-refractivity contribution < 1.29 is 13.2 Å². The fourth-order valence-electron chi connectivity index (χ4n) is 2.09. The second kappa shape index (κ2) is 7.55. The summed E-state index contributed by atoms with van der Waals surface area (Å²) < 4.78 is 25.0. The lowest BCUT2D eigenvalue weighted by Gasteiger charge is -2.16. The van der Waals surface area contributed by atoms with Crippen LogP contribution < -0.4 is 15.4 Å². The van der Waals surface area contributed by atoms with Crippen LogP contribution >= 0.6 is 11.6 Å². The Kier molecular flexibility index (Phi) is 5.69. The number of para-hydroxylation sites is 1. The van der Waals surface area contributed by atoms with Gasteiger partial charge in [-0.25, -0.2) is 13.2 Å². The Hall–Kier alpha value is -2.25. The molecule has 0 saturated carbocycles. The molecular weight excluding hydrogens is 350 g/mol. The highest BCUT2D eigenvalue weighted by atomic mass is 35.5. The third-order valence-electron chi connectivity index (χ3n) is 3.16. The highest BCUT2D eigenvalue weighted by Gasteiger charge is 2.12. The number of carbonyl (C=O) groups is 1. The largest absolute Gasteiger partial charge is 0.331 e. The summed E-state index contributed by atoms with van der Waals surface area (Å²) in [6, 6.07) is 13.0. The number of halogens is 1. The quantitative estimate of drug-likeness (QED) is 0.754. The van der Waals surface area contributed by atoms with E-state index in [4.69, 9.17) is 11.6 Å². The number of hydrogen-bond acceptors (Lipinski definition) is 3. The van der Waals surface area contributed by atoms with E-state index in [0.29, 0.717) is 16.4 Å². The summed E-state index contributed by atoms with van der Waals surface area (Å²) in [4.78, 5) is 12.1. The summed E-state index contributed by atoms with van der Waals surface area (Å²) in [7, 11) is -3.35. The predicted octanol–water partition coefficient (Wildman–Crippen LogP) is 3.59. The van der Waals surface area contributed by atoms with Crippen LogP contribution in [0.3, 0.4) is 0 Å². The summed E-state index contributed by atoms with van der Waals surface area (Å²) >= 11 is 6.00. The molecule has 0 aromatic heterocycles. The van der Waals surface area contributed by atoms with Crippen LogP contribution in [0.15, 0.2) is 48.5 Å². The minimum atomic E-state index is -3.35. The maximum atomic E-state index is 12.1. The molecule has 0 fully saturated rings. The van der Waals surface area contributed by atoms with Gasteiger partial charge in [-0.05, 0) is 36.8 Å². The van der Waals surface area contributed by atoms with Gasteiger partial charge in [-0.3, -0.25) is 4.72 Å². The van der Waals surface area contributed by atoms with Gasteiger partial charge in [-0.2, -0.15) is 0 Å². The summed E-state index contributed by atoms with van der Waals surface area (Å²) in [6.45, 7) is 1.80. The molecular formula is C16H18ClN3O3S. The zero-order chi connectivity index (χ0) is 17.7. The smallest absolute Gasteiger partial charge is 0.319 e. The third kappa shape index (κ3) is 5.43. The molecule has 8 heteroatoms. The number of hydrogen-bond donors (Lipinski definition) is 3. The van der Waals surface area contributed by atoms with E-state index in [0.717, 1.165) is 11.8 Å². The summed E-state index contributed by atoms with van der Waals surface area (Å²) in [5.74, 6) is 0. The van der Waals surface area contributed by atoms with E-state index in [-0.39, 0.29) is 6.04 Å². The van der Waals surface area contributed by atoms with Crippen LogP contribution in [-0.2, 0) is 10.0 Å². The monoisotopic (exact) mass is 367 g/mol. The zero-order valence-electron chi connectivity index (χ0n) is 13.2. The molecule has 0 radical (unpaired) electrons. The molecule has 0 aliphatic carbocycles. The van der Waals surface area contributed by atoms with Crippen molar-refractivity contribution in [1.29, 1.82) is 0 Å². The summed E-state index contributed by atoms with van der Waals surface area (Å²) in [5.41, 5.74) is 1.71. The first-order chi connectivity index (χ1) is 11.2. The van der Waals surface area contributed by atoms with Crippen molar-refractivity contribution >= 4 is 39.0 Å². The van der Waals surface area contributed by atoms with Crippen molar-refractivity contribution in [2.24, 2.45) is 0 Å². The van der Waals surface area contributed by atoms with E-state index in [9.17, 15) is 13.2 Å². The fourth-order valence-corrected chi connectivity index (χ4v) is 2.82. The van der Waals surface area contributed by atoms with Gasteiger partial charge in [0.25, 0.3) is 0 Å². The Balaban J connectivity index is 2.04. The minimum Gasteiger partial charge on any atom is -0.331 e. The standard InChI is InChI=1S/C16H18ClN3O3S/c1-11(12-6-5-7-13(10-12)20-24(2,22)23)18-16(21)19-15-9-4-3-8-14(15)17/h3-11,20H,1-2H3,(H2,18,19,21). The second-order valence-electron chi connectivity index (χ2n) is 5.30. The topological polar surface area (TPSA) is 87.3 Å². The molecule has 0 heterocycles. The lowest BCUT2D eigenvalue weighted by molar-refractivity contribution is 0.249. The average Bonchev–Trinajstić information content (AvgIpc) is 2.48. The van der Waals surface area contributed by atoms with E-state index in [2.05, 4.69) is 15.4 Å². The van der Waals surface area contributed by atoms with Crippen LogP contribution in [0.1, 0.15) is 18.5 Å². The van der Waals surface area contributed by atoms with Crippen molar-refractivity contribution in [2.75, 3.05) is 16.3 Å². The molecule has 24 heavy (non-hydrogen) atoms. The van der Waals surface area contributed by atoms with Gasteiger partial charge < -0.3 is 10.6 Å². The maximum absolute atomic E-state index is 12.1. The SMILES string of the molecule is CC(NC(=O)Nc1ccccc1Cl)c1cccc(NS(C)(=O)=O)c1. The van der Waals surface area contributed by atoms with E-state index in [1.54, 1.807) is 55.5 Å². The van der Waals surface area contributed by atoms with Gasteiger partial charge in [-0.15, -0.1) is 0 Å². The van der Waals surface area contributed by atoms with Crippen LogP contribution in [0.4, 0.5) is 16.2 Å². The van der Waals surface area contributed by atoms with Gasteiger partial charge in [-0.1, -0.05) is 35.9 Å². The van der Waals surface area contributed by atoms with Crippen LogP contribution in [0, 0.1) is 0 Å². The average molecular weight is 368 g/mol. The molecule has 0 aliphatic heterocycles. The van der Waals surface area contributed by atoms with Crippen LogP contribution in [0.5, 0.6) is 0 Å². The number of carbonyl (C=O) groups excluding carboxylic acids is 1. The van der Waals surface area contributed by atoms with Gasteiger partial charge in [0.15, 0.2) is 0 Å². The third-order valence-corrected chi connectivity index (χ3v) is 4.10. The molecule has 2 amide bonds. The Morgan fingerprint density at radius 2 is 1.83 bits per heavy atom. The fraction of sp³-hybridized carbons (Fsp3) is 0.188. The number of benzene rings is 2. The second-order valence-corrected chi connectivity index (χ2v) is 7.46. The molecule has 1 atom stereocenters. The lowest BCUT2D eigenvalue weighted by Crippen LogP contribution is -2.31. The molecule has 6 nitrogen and oxygen atoms in total. The molecule has 0 bridgehead atoms. The number of nitrogens with one attached hydrogen (secondary N) is 3. The highest BCUT2D eigenvalue weighted by molar-refractivity contribution is 7.92. The first kappa shape index (κ1) is 18.1. The molecule has 128 valence electrons. The molecule has 2 rings (SSSR count). The van der Waals surface area contributed by atoms with Gasteiger partial charge in [0.05, 0.1) is 23.0 Å². The number of amides is 2. The first-order valence-electron chi connectivity index (χ1n) is 7.14. The van der Waals surface area contributed by atoms with Crippen LogP contribution in [-0.4, -0.2) is 20.7 Å². The van der Waals surface area contributed by atoms with E-state index < -0.39 is 16.1 Å². The molecule has 0 spiro atoms. The molecule has 2 aromatic carbocycles. The van der Waals surface area contributed by atoms with E-state index in [1.807, 2.05) is 0 Å². The Bertz CT molecular complexity index is 840. The van der Waals surface area contributed by atoms with Gasteiger partial charge in [0.2, 0.25) is 10.0 Å². The van der Waals surface area contributed by atoms with Gasteiger partial charge >= 0.3 is 6.03 Å². The Labute approximate surface area is 146 Å². The molecule has 3 N–H and O–H groups in total. The molecule has 1 unspecified atom stereocenters. The van der Waals surface area contributed by atoms with Gasteiger partial charge in [0.1, 0.15) is 0 Å². The van der Waals surface area contributed by atoms with Crippen molar-refractivity contribution in [3.63, 3.8) is 0 Å². The van der Waals surface area contributed by atoms with Crippen LogP contribution in [0.25, 0.3) is 0 Å². The highest BCUT2D eigenvalue weighted by Crippen LogP contribution is 2.21. The minimum absolute atomic E-state index is 0.325. The van der Waals surface area contributed by atoms with Crippen LogP contribution in [0.2, 0.25) is 5.02 Å². The Morgan fingerprint density at radius 1 is 1.12 bits per heavy atom. The molecule has 0 aliphatic rings. The van der Waals surface area contributed by atoms with Crippen molar-refractivity contribution in [1.82, 2.24) is 5.32 Å². The number of anilines is 2. The summed E-state index contributed by atoms with van der Waals surface area (Å²) in [6.07, 6.45) is 1.08. The number of urea groups is 1. The molecule has 2 aromatic rings. The maximum Gasteiger partial charge on any atom is 0.319 e.